The van der Waals surface area contributed by atoms with E-state index in [2.05, 4.69) is 13.2 Å². The van der Waals surface area contributed by atoms with Crippen LogP contribution in [0, 0.1) is 0 Å². The van der Waals surface area contributed by atoms with Crippen molar-refractivity contribution in [3.8, 4) is 0 Å². The Bertz CT molecular complexity index is 311. The van der Waals surface area contributed by atoms with Crippen LogP contribution in [0.2, 0.25) is 0 Å². The number of Topliss-reactive ketones (excluding diaryl/α,β-unsaturated/α-hetero) is 2. The van der Waals surface area contributed by atoms with E-state index in [1.165, 1.54) is 12.2 Å². The number of rotatable bonds is 6. The van der Waals surface area contributed by atoms with Gasteiger partial charge >= 0.3 is 0 Å². The fraction of sp³-hybridized carbons (Fsp3) is 0.538. The number of allylic oxidation sites excluding steroid dienone is 2. The van der Waals surface area contributed by atoms with Gasteiger partial charge < -0.3 is 9.47 Å². The molecule has 17 heavy (non-hydrogen) atoms. The maximum absolute atomic E-state index is 11.8. The minimum atomic E-state index is -0.914. The first-order valence-electron chi connectivity index (χ1n) is 5.54. The molecule has 0 spiro atoms. The summed E-state index contributed by atoms with van der Waals surface area (Å²) in [5.74, 6) is -1.29. The van der Waals surface area contributed by atoms with Crippen LogP contribution in [0.1, 0.15) is 26.7 Å². The molecule has 1 aliphatic heterocycles. The number of carbonyl (C=O) groups is 2. The molecule has 0 aromatic heterocycles. The van der Waals surface area contributed by atoms with Crippen LogP contribution in [0.25, 0.3) is 0 Å². The number of ether oxygens (including phenoxy) is 2. The molecule has 1 saturated heterocycles. The lowest BCUT2D eigenvalue weighted by molar-refractivity contribution is -0.157. The van der Waals surface area contributed by atoms with Crippen molar-refractivity contribution in [2.45, 2.75) is 44.7 Å². The third kappa shape index (κ3) is 3.35. The molecule has 0 radical (unpaired) electrons. The number of ketones is 2. The lowest BCUT2D eigenvalue weighted by Gasteiger charge is -2.16. The molecule has 0 aliphatic carbocycles. The molecule has 94 valence electrons. The standard InChI is InChI=1S/C13H18O4/c1-5-7-9(14)11-12(10(15)8-6-2)17-13(3,4)16-11/h5-6,11-12H,1-2,7-8H2,3-4H3/t11-,12-/m0/s1. The minimum absolute atomic E-state index is 0.169. The minimum Gasteiger partial charge on any atom is -0.336 e. The van der Waals surface area contributed by atoms with Gasteiger partial charge in [0.1, 0.15) is 0 Å². The van der Waals surface area contributed by atoms with Crippen molar-refractivity contribution in [1.82, 2.24) is 0 Å². The smallest absolute Gasteiger partial charge is 0.168 e. The van der Waals surface area contributed by atoms with Crippen molar-refractivity contribution in [1.29, 1.82) is 0 Å². The topological polar surface area (TPSA) is 52.6 Å². The van der Waals surface area contributed by atoms with E-state index < -0.39 is 18.0 Å². The molecule has 1 fully saturated rings. The van der Waals surface area contributed by atoms with Gasteiger partial charge in [0.2, 0.25) is 0 Å². The quantitative estimate of drug-likeness (QED) is 0.662. The van der Waals surface area contributed by atoms with Gasteiger partial charge in [-0.15, -0.1) is 13.2 Å². The molecule has 2 atom stereocenters. The Morgan fingerprint density at radius 1 is 1.06 bits per heavy atom. The Balaban J connectivity index is 2.84. The summed E-state index contributed by atoms with van der Waals surface area (Å²) in [6.07, 6.45) is 1.65. The van der Waals surface area contributed by atoms with Gasteiger partial charge in [0.15, 0.2) is 29.6 Å². The van der Waals surface area contributed by atoms with Gasteiger partial charge in [-0.25, -0.2) is 0 Å². The Morgan fingerprint density at radius 3 is 1.71 bits per heavy atom. The van der Waals surface area contributed by atoms with Crippen molar-refractivity contribution in [3.05, 3.63) is 25.3 Å². The molecule has 1 heterocycles. The van der Waals surface area contributed by atoms with E-state index in [9.17, 15) is 9.59 Å². The number of hydrogen-bond acceptors (Lipinski definition) is 4. The summed E-state index contributed by atoms with van der Waals surface area (Å²) in [5, 5.41) is 0. The summed E-state index contributed by atoms with van der Waals surface area (Å²) < 4.78 is 10.9. The molecule has 4 heteroatoms. The second kappa shape index (κ2) is 5.38. The molecule has 0 unspecified atom stereocenters. The molecule has 0 N–H and O–H groups in total. The first kappa shape index (κ1) is 13.8. The van der Waals surface area contributed by atoms with Gasteiger partial charge in [-0.2, -0.15) is 0 Å². The van der Waals surface area contributed by atoms with Gasteiger partial charge in [-0.05, 0) is 13.8 Å². The van der Waals surface area contributed by atoms with Crippen LogP contribution in [0.5, 0.6) is 0 Å². The van der Waals surface area contributed by atoms with E-state index in [1.54, 1.807) is 13.8 Å². The third-order valence-corrected chi connectivity index (χ3v) is 2.42. The van der Waals surface area contributed by atoms with Crippen molar-refractivity contribution in [2.24, 2.45) is 0 Å². The number of carbonyl (C=O) groups excluding carboxylic acids is 2. The van der Waals surface area contributed by atoms with E-state index in [1.807, 2.05) is 0 Å². The monoisotopic (exact) mass is 238 g/mol. The van der Waals surface area contributed by atoms with Gasteiger partial charge in [0.25, 0.3) is 0 Å². The predicted octanol–water partition coefficient (Wildman–Crippen LogP) is 1.80. The summed E-state index contributed by atoms with van der Waals surface area (Å²) in [7, 11) is 0. The highest BCUT2D eigenvalue weighted by atomic mass is 16.8. The fourth-order valence-corrected chi connectivity index (χ4v) is 1.75. The van der Waals surface area contributed by atoms with Gasteiger partial charge in [-0.3, -0.25) is 9.59 Å². The van der Waals surface area contributed by atoms with Gasteiger partial charge in [0, 0.05) is 12.8 Å². The van der Waals surface area contributed by atoms with Crippen LogP contribution in [-0.2, 0) is 19.1 Å². The van der Waals surface area contributed by atoms with E-state index in [0.29, 0.717) is 0 Å². The second-order valence-corrected chi connectivity index (χ2v) is 4.39. The van der Waals surface area contributed by atoms with Crippen LogP contribution in [0.4, 0.5) is 0 Å². The van der Waals surface area contributed by atoms with Crippen LogP contribution < -0.4 is 0 Å². The summed E-state index contributed by atoms with van der Waals surface area (Å²) in [4.78, 5) is 23.6. The molecule has 4 nitrogen and oxygen atoms in total. The average Bonchev–Trinajstić information content (AvgIpc) is 2.55. The zero-order chi connectivity index (χ0) is 13.1. The molecule has 0 aromatic carbocycles. The average molecular weight is 238 g/mol. The summed E-state index contributed by atoms with van der Waals surface area (Å²) in [6, 6.07) is 0. The Labute approximate surface area is 101 Å². The van der Waals surface area contributed by atoms with Gasteiger partial charge in [0.05, 0.1) is 0 Å². The van der Waals surface area contributed by atoms with Crippen molar-refractivity contribution < 1.29 is 19.1 Å². The van der Waals surface area contributed by atoms with Gasteiger partial charge in [-0.1, -0.05) is 12.2 Å². The van der Waals surface area contributed by atoms with E-state index >= 15 is 0 Å². The van der Waals surface area contributed by atoms with E-state index in [-0.39, 0.29) is 24.4 Å². The SMILES string of the molecule is C=CCC(=O)[C@@H]1OC(C)(C)O[C@H]1C(=O)CC=C. The molecule has 0 saturated carbocycles. The number of hydrogen-bond donors (Lipinski definition) is 0. The van der Waals surface area contributed by atoms with Crippen LogP contribution >= 0.6 is 0 Å². The Kier molecular flexibility index (Phi) is 4.37. The molecule has 0 amide bonds. The highest BCUT2D eigenvalue weighted by molar-refractivity contribution is 5.94. The maximum atomic E-state index is 11.8. The molecule has 0 aromatic rings. The van der Waals surface area contributed by atoms with Crippen LogP contribution in [0.3, 0.4) is 0 Å². The Morgan fingerprint density at radius 2 is 1.41 bits per heavy atom. The molecular formula is C13H18O4. The maximum Gasteiger partial charge on any atom is 0.168 e. The second-order valence-electron chi connectivity index (χ2n) is 4.39. The van der Waals surface area contributed by atoms with Crippen molar-refractivity contribution in [2.75, 3.05) is 0 Å². The molecule has 0 bridgehead atoms. The summed E-state index contributed by atoms with van der Waals surface area (Å²) in [6.45, 7) is 10.4. The molecular weight excluding hydrogens is 220 g/mol. The largest absolute Gasteiger partial charge is 0.336 e. The molecule has 1 aliphatic rings. The summed E-state index contributed by atoms with van der Waals surface area (Å²) >= 11 is 0. The first-order chi connectivity index (χ1) is 7.91. The highest BCUT2D eigenvalue weighted by Crippen LogP contribution is 2.30. The lowest BCUT2D eigenvalue weighted by Crippen LogP contribution is -2.36. The zero-order valence-corrected chi connectivity index (χ0v) is 10.3. The molecule has 1 rings (SSSR count). The van der Waals surface area contributed by atoms with E-state index in [0.717, 1.165) is 0 Å². The normalized spacial score (nSPS) is 26.5. The summed E-state index contributed by atoms with van der Waals surface area (Å²) in [5.41, 5.74) is 0. The lowest BCUT2D eigenvalue weighted by atomic mass is 10.0. The van der Waals surface area contributed by atoms with Crippen LogP contribution in [0.15, 0.2) is 25.3 Å². The van der Waals surface area contributed by atoms with Crippen molar-refractivity contribution >= 4 is 11.6 Å². The van der Waals surface area contributed by atoms with E-state index in [4.69, 9.17) is 9.47 Å². The zero-order valence-electron chi connectivity index (χ0n) is 10.3. The van der Waals surface area contributed by atoms with Crippen LogP contribution in [-0.4, -0.2) is 29.6 Å². The Hall–Kier alpha value is -1.26. The fourth-order valence-electron chi connectivity index (χ4n) is 1.75. The highest BCUT2D eigenvalue weighted by Gasteiger charge is 2.47. The first-order valence-corrected chi connectivity index (χ1v) is 5.54. The predicted molar refractivity (Wildman–Crippen MR) is 63.5 cm³/mol. The third-order valence-electron chi connectivity index (χ3n) is 2.42. The van der Waals surface area contributed by atoms with Crippen molar-refractivity contribution in [3.63, 3.8) is 0 Å².